The van der Waals surface area contributed by atoms with Crippen LogP contribution in [0.3, 0.4) is 0 Å². The maximum Gasteiger partial charge on any atom is 0.360 e. The summed E-state index contributed by atoms with van der Waals surface area (Å²) in [5.41, 5.74) is -0.598. The van der Waals surface area contributed by atoms with E-state index < -0.39 is 23.5 Å². The number of ether oxygens (including phenoxy) is 2. The molecule has 0 N–H and O–H groups in total. The number of nitrogens with zero attached hydrogens (tertiary/aromatic N) is 3. The van der Waals surface area contributed by atoms with E-state index >= 15 is 0 Å². The predicted molar refractivity (Wildman–Crippen MR) is 94.3 cm³/mol. The van der Waals surface area contributed by atoms with Gasteiger partial charge in [0.25, 0.3) is 0 Å². The van der Waals surface area contributed by atoms with E-state index in [-0.39, 0.29) is 23.8 Å². The van der Waals surface area contributed by atoms with Crippen LogP contribution in [0.2, 0.25) is 0 Å². The van der Waals surface area contributed by atoms with Gasteiger partial charge in [-0.15, -0.1) is 0 Å². The molecule has 0 aliphatic carbocycles. The summed E-state index contributed by atoms with van der Waals surface area (Å²) in [4.78, 5) is 27.9. The summed E-state index contributed by atoms with van der Waals surface area (Å²) in [6.07, 6.45) is 2.18. The van der Waals surface area contributed by atoms with Crippen LogP contribution in [0.1, 0.15) is 47.5 Å². The van der Waals surface area contributed by atoms with Gasteiger partial charge in [0.15, 0.2) is 12.3 Å². The van der Waals surface area contributed by atoms with Gasteiger partial charge in [-0.2, -0.15) is 9.49 Å². The van der Waals surface area contributed by atoms with Crippen molar-refractivity contribution in [2.75, 3.05) is 0 Å². The van der Waals surface area contributed by atoms with E-state index in [1.165, 1.54) is 0 Å². The number of hydrogen-bond donors (Lipinski definition) is 0. The highest BCUT2D eigenvalue weighted by Gasteiger charge is 2.23. The fourth-order valence-electron chi connectivity index (χ4n) is 2.23. The monoisotopic (exact) mass is 387 g/mol. The smallest absolute Gasteiger partial charge is 0.360 e. The van der Waals surface area contributed by atoms with Crippen molar-refractivity contribution in [2.45, 2.75) is 33.0 Å². The van der Waals surface area contributed by atoms with Gasteiger partial charge in [0.2, 0.25) is 11.8 Å². The number of esters is 2. The number of rotatable bonds is 5. The lowest BCUT2D eigenvalue weighted by molar-refractivity contribution is 0.00627. The second-order valence-corrected chi connectivity index (χ2v) is 6.80. The molecule has 2 heterocycles. The van der Waals surface area contributed by atoms with E-state index in [1.807, 2.05) is 0 Å². The zero-order valence-corrected chi connectivity index (χ0v) is 15.5. The number of carbonyl (C=O) groups is 2. The van der Waals surface area contributed by atoms with Gasteiger partial charge in [0.1, 0.15) is 17.4 Å². The molecule has 28 heavy (non-hydrogen) atoms. The lowest BCUT2D eigenvalue weighted by Crippen LogP contribution is -2.24. The summed E-state index contributed by atoms with van der Waals surface area (Å²) in [6, 6.07) is 8.52. The van der Waals surface area contributed by atoms with Crippen LogP contribution in [-0.2, 0) is 16.1 Å². The minimum Gasteiger partial charge on any atom is -0.455 e. The number of carbonyl (C=O) groups excluding carboxylic acids is 2. The summed E-state index contributed by atoms with van der Waals surface area (Å²) in [5, 5.41) is 3.86. The lowest BCUT2D eigenvalue weighted by Gasteiger charge is -2.18. The molecular formula is C19H18FN3O5. The molecular weight excluding hydrogens is 369 g/mol. The summed E-state index contributed by atoms with van der Waals surface area (Å²) in [6.45, 7) is 4.78. The molecule has 1 aromatic carbocycles. The zero-order chi connectivity index (χ0) is 20.3. The van der Waals surface area contributed by atoms with Gasteiger partial charge in [0, 0.05) is 0 Å². The molecule has 0 radical (unpaired) electrons. The summed E-state index contributed by atoms with van der Waals surface area (Å²) in [5.74, 6) is -2.47. The SMILES string of the molecule is CC(C)(C)OC(=O)c1coc(COC(=O)c2cnn(-c3ccccc3)c2F)n1. The summed E-state index contributed by atoms with van der Waals surface area (Å²) < 4.78 is 30.7. The Morgan fingerprint density at radius 1 is 1.18 bits per heavy atom. The second-order valence-electron chi connectivity index (χ2n) is 6.80. The largest absolute Gasteiger partial charge is 0.455 e. The minimum absolute atomic E-state index is 0.0231. The molecule has 0 spiro atoms. The van der Waals surface area contributed by atoms with E-state index in [4.69, 9.17) is 13.9 Å². The van der Waals surface area contributed by atoms with Gasteiger partial charge in [-0.3, -0.25) is 0 Å². The number of halogens is 1. The first-order valence-electron chi connectivity index (χ1n) is 8.38. The first kappa shape index (κ1) is 19.3. The first-order valence-corrected chi connectivity index (χ1v) is 8.38. The molecule has 0 saturated carbocycles. The number of para-hydroxylation sites is 1. The Labute approximate surface area is 159 Å². The highest BCUT2D eigenvalue weighted by atomic mass is 19.1. The molecule has 0 aliphatic heterocycles. The maximum atomic E-state index is 14.5. The van der Waals surface area contributed by atoms with Crippen molar-refractivity contribution in [1.29, 1.82) is 0 Å². The summed E-state index contributed by atoms with van der Waals surface area (Å²) >= 11 is 0. The van der Waals surface area contributed by atoms with Crippen LogP contribution in [0.15, 0.2) is 47.2 Å². The third-order valence-corrected chi connectivity index (χ3v) is 3.42. The lowest BCUT2D eigenvalue weighted by atomic mass is 10.2. The van der Waals surface area contributed by atoms with Crippen molar-refractivity contribution in [3.8, 4) is 5.69 Å². The Hall–Kier alpha value is -3.49. The standard InChI is InChI=1S/C19H18FN3O5/c1-19(2,3)28-18(25)14-10-26-15(22-14)11-27-17(24)13-9-21-23(16(13)20)12-7-5-4-6-8-12/h4-10H,11H2,1-3H3. The normalized spacial score (nSPS) is 11.3. The Bertz CT molecular complexity index is 989. The van der Waals surface area contributed by atoms with E-state index in [0.29, 0.717) is 5.69 Å². The predicted octanol–water partition coefficient (Wildman–Crippen LogP) is 3.31. The highest BCUT2D eigenvalue weighted by Crippen LogP contribution is 2.16. The third-order valence-electron chi connectivity index (χ3n) is 3.42. The topological polar surface area (TPSA) is 96.5 Å². The van der Waals surface area contributed by atoms with Gasteiger partial charge >= 0.3 is 11.9 Å². The average molecular weight is 387 g/mol. The molecule has 8 nitrogen and oxygen atoms in total. The van der Waals surface area contributed by atoms with Crippen LogP contribution in [0.4, 0.5) is 4.39 Å². The molecule has 0 bridgehead atoms. The van der Waals surface area contributed by atoms with Gasteiger partial charge in [0.05, 0.1) is 11.9 Å². The Morgan fingerprint density at radius 3 is 2.57 bits per heavy atom. The van der Waals surface area contributed by atoms with Crippen LogP contribution in [0, 0.1) is 5.95 Å². The van der Waals surface area contributed by atoms with Crippen LogP contribution >= 0.6 is 0 Å². The molecule has 146 valence electrons. The fraction of sp³-hybridized carbons (Fsp3) is 0.263. The molecule has 3 rings (SSSR count). The summed E-state index contributed by atoms with van der Waals surface area (Å²) in [7, 11) is 0. The van der Waals surface area contributed by atoms with Gasteiger partial charge in [-0.1, -0.05) is 18.2 Å². The van der Waals surface area contributed by atoms with E-state index in [0.717, 1.165) is 17.1 Å². The molecule has 2 aromatic heterocycles. The van der Waals surface area contributed by atoms with Crippen molar-refractivity contribution in [2.24, 2.45) is 0 Å². The molecule has 0 saturated heterocycles. The number of hydrogen-bond acceptors (Lipinski definition) is 7. The van der Waals surface area contributed by atoms with Gasteiger partial charge < -0.3 is 13.9 Å². The molecule has 0 amide bonds. The quantitative estimate of drug-likeness (QED) is 0.620. The second kappa shape index (κ2) is 7.63. The van der Waals surface area contributed by atoms with Gasteiger partial charge in [-0.05, 0) is 32.9 Å². The van der Waals surface area contributed by atoms with Crippen molar-refractivity contribution in [3.05, 3.63) is 65.9 Å². The van der Waals surface area contributed by atoms with Crippen molar-refractivity contribution < 1.29 is 27.9 Å². The number of benzene rings is 1. The van der Waals surface area contributed by atoms with Crippen LogP contribution in [0.5, 0.6) is 0 Å². The Kier molecular flexibility index (Phi) is 5.25. The Morgan fingerprint density at radius 2 is 1.89 bits per heavy atom. The van der Waals surface area contributed by atoms with Crippen molar-refractivity contribution in [1.82, 2.24) is 14.8 Å². The molecule has 0 atom stereocenters. The van der Waals surface area contributed by atoms with E-state index in [9.17, 15) is 14.0 Å². The molecule has 0 fully saturated rings. The molecule has 3 aromatic rings. The number of oxazole rings is 1. The zero-order valence-electron chi connectivity index (χ0n) is 15.5. The molecule has 0 aliphatic rings. The van der Waals surface area contributed by atoms with Crippen LogP contribution in [-0.4, -0.2) is 32.3 Å². The van der Waals surface area contributed by atoms with Gasteiger partial charge in [-0.25, -0.2) is 19.3 Å². The number of aromatic nitrogens is 3. The van der Waals surface area contributed by atoms with Crippen molar-refractivity contribution in [3.63, 3.8) is 0 Å². The molecule has 0 unspecified atom stereocenters. The van der Waals surface area contributed by atoms with Crippen LogP contribution in [0.25, 0.3) is 5.69 Å². The average Bonchev–Trinajstić information content (AvgIpc) is 3.26. The first-order chi connectivity index (χ1) is 13.2. The molecule has 9 heteroatoms. The maximum absolute atomic E-state index is 14.5. The van der Waals surface area contributed by atoms with Crippen molar-refractivity contribution >= 4 is 11.9 Å². The minimum atomic E-state index is -0.934. The highest BCUT2D eigenvalue weighted by molar-refractivity contribution is 5.89. The fourth-order valence-corrected chi connectivity index (χ4v) is 2.23. The Balaban J connectivity index is 1.64. The van der Waals surface area contributed by atoms with E-state index in [2.05, 4.69) is 10.1 Å². The van der Waals surface area contributed by atoms with E-state index in [1.54, 1.807) is 51.1 Å². The third kappa shape index (κ3) is 4.43. The van der Waals surface area contributed by atoms with Crippen LogP contribution < -0.4 is 0 Å².